The van der Waals surface area contributed by atoms with E-state index in [2.05, 4.69) is 18.9 Å². The van der Waals surface area contributed by atoms with Gasteiger partial charge in [0.15, 0.2) is 5.54 Å². The summed E-state index contributed by atoms with van der Waals surface area (Å²) in [6.45, 7) is 4.14. The maximum atomic E-state index is 12.6. The Morgan fingerprint density at radius 1 is 1.40 bits per heavy atom. The van der Waals surface area contributed by atoms with E-state index in [4.69, 9.17) is 0 Å². The summed E-state index contributed by atoms with van der Waals surface area (Å²) in [7, 11) is 0. The number of carbonyl (C=O) groups is 1. The molecular weight excluding hydrogens is 273 g/mol. The number of carboxylic acids is 1. The van der Waals surface area contributed by atoms with Crippen molar-refractivity contribution in [1.82, 2.24) is 9.78 Å². The number of alkyl halides is 3. The molecule has 20 heavy (non-hydrogen) atoms. The number of hydrogen-bond donors (Lipinski definition) is 1. The van der Waals surface area contributed by atoms with Gasteiger partial charge >= 0.3 is 12.1 Å². The molecule has 0 aromatic carbocycles. The standard InChI is InChI=1S/C13H15F3N2O2/c1-11(2)8-3-12(10(19)20,4-9(8)11)18-6-7(5-17-18)13(14,15)16/h5-6,8-9H,3-4H2,1-2H3,(H,19,20). The molecule has 110 valence electrons. The lowest BCUT2D eigenvalue weighted by molar-refractivity contribution is -0.149. The highest BCUT2D eigenvalue weighted by molar-refractivity contribution is 5.77. The molecule has 4 nitrogen and oxygen atoms in total. The number of nitrogens with zero attached hydrogens (tertiary/aromatic N) is 2. The average Bonchev–Trinajstić information content (AvgIpc) is 2.84. The van der Waals surface area contributed by atoms with Crippen molar-refractivity contribution in [2.45, 2.75) is 38.4 Å². The monoisotopic (exact) mass is 288 g/mol. The van der Waals surface area contributed by atoms with Crippen molar-refractivity contribution in [3.63, 3.8) is 0 Å². The zero-order valence-corrected chi connectivity index (χ0v) is 11.1. The molecule has 1 N–H and O–H groups in total. The van der Waals surface area contributed by atoms with Gasteiger partial charge in [0.25, 0.3) is 0 Å². The van der Waals surface area contributed by atoms with Gasteiger partial charge in [-0.3, -0.25) is 4.68 Å². The molecule has 3 rings (SSSR count). The van der Waals surface area contributed by atoms with Crippen LogP contribution in [0.1, 0.15) is 32.3 Å². The van der Waals surface area contributed by atoms with E-state index in [0.29, 0.717) is 19.0 Å². The van der Waals surface area contributed by atoms with Gasteiger partial charge in [-0.15, -0.1) is 0 Å². The van der Waals surface area contributed by atoms with Crippen molar-refractivity contribution in [3.05, 3.63) is 18.0 Å². The summed E-state index contributed by atoms with van der Waals surface area (Å²) in [5.41, 5.74) is -2.13. The Morgan fingerprint density at radius 2 is 1.95 bits per heavy atom. The number of halogens is 3. The van der Waals surface area contributed by atoms with Crippen LogP contribution < -0.4 is 0 Å². The summed E-state index contributed by atoms with van der Waals surface area (Å²) in [5.74, 6) is -0.605. The van der Waals surface area contributed by atoms with Crippen molar-refractivity contribution < 1.29 is 23.1 Å². The molecular formula is C13H15F3N2O2. The first-order chi connectivity index (χ1) is 9.09. The van der Waals surface area contributed by atoms with Crippen molar-refractivity contribution in [1.29, 1.82) is 0 Å². The molecule has 2 unspecified atom stereocenters. The molecule has 0 radical (unpaired) electrons. The zero-order valence-electron chi connectivity index (χ0n) is 11.1. The summed E-state index contributed by atoms with van der Waals surface area (Å²) in [5, 5.41) is 13.2. The highest BCUT2D eigenvalue weighted by atomic mass is 19.4. The van der Waals surface area contributed by atoms with Crippen LogP contribution in [0.5, 0.6) is 0 Å². The first-order valence-electron chi connectivity index (χ1n) is 6.45. The molecule has 0 spiro atoms. The van der Waals surface area contributed by atoms with E-state index in [0.717, 1.165) is 10.9 Å². The topological polar surface area (TPSA) is 55.1 Å². The fourth-order valence-corrected chi connectivity index (χ4v) is 3.64. The lowest BCUT2D eigenvalue weighted by atomic mass is 9.86. The van der Waals surface area contributed by atoms with E-state index in [1.165, 1.54) is 0 Å². The summed E-state index contributed by atoms with van der Waals surface area (Å²) < 4.78 is 38.9. The molecule has 0 bridgehead atoms. The third-order valence-corrected chi connectivity index (χ3v) is 5.15. The van der Waals surface area contributed by atoms with Gasteiger partial charge in [-0.25, -0.2) is 4.79 Å². The Hall–Kier alpha value is -1.53. The molecule has 2 fully saturated rings. The molecule has 7 heteroatoms. The zero-order chi connectivity index (χ0) is 14.9. The molecule has 1 aromatic rings. The Labute approximate surface area is 113 Å². The van der Waals surface area contributed by atoms with E-state index >= 15 is 0 Å². The van der Waals surface area contributed by atoms with Crippen LogP contribution >= 0.6 is 0 Å². The third kappa shape index (κ3) is 1.61. The largest absolute Gasteiger partial charge is 0.479 e. The van der Waals surface area contributed by atoms with Gasteiger partial charge < -0.3 is 5.11 Å². The number of aliphatic carboxylic acids is 1. The van der Waals surface area contributed by atoms with Gasteiger partial charge in [-0.2, -0.15) is 18.3 Å². The third-order valence-electron chi connectivity index (χ3n) is 5.15. The van der Waals surface area contributed by atoms with Gasteiger partial charge in [0.1, 0.15) is 0 Å². The first kappa shape index (κ1) is 13.5. The van der Waals surface area contributed by atoms with E-state index in [1.54, 1.807) is 0 Å². The summed E-state index contributed by atoms with van der Waals surface area (Å²) >= 11 is 0. The minimum atomic E-state index is -4.50. The maximum absolute atomic E-state index is 12.6. The second-order valence-electron chi connectivity index (χ2n) is 6.45. The molecule has 2 aliphatic rings. The van der Waals surface area contributed by atoms with Gasteiger partial charge in [-0.1, -0.05) is 13.8 Å². The minimum absolute atomic E-state index is 0.0962. The van der Waals surface area contributed by atoms with Crippen molar-refractivity contribution >= 4 is 5.97 Å². The van der Waals surface area contributed by atoms with Crippen molar-refractivity contribution in [2.24, 2.45) is 17.3 Å². The van der Waals surface area contributed by atoms with Crippen LogP contribution in [-0.2, 0) is 16.5 Å². The van der Waals surface area contributed by atoms with Gasteiger partial charge in [0, 0.05) is 6.20 Å². The molecule has 2 aliphatic carbocycles. The van der Waals surface area contributed by atoms with E-state index in [9.17, 15) is 23.1 Å². The molecule has 2 atom stereocenters. The van der Waals surface area contributed by atoms with Crippen molar-refractivity contribution in [2.75, 3.05) is 0 Å². The van der Waals surface area contributed by atoms with Gasteiger partial charge in [0.2, 0.25) is 0 Å². The number of carboxylic acid groups (broad SMARTS) is 1. The fraction of sp³-hybridized carbons (Fsp3) is 0.692. The molecule has 0 aliphatic heterocycles. The fourth-order valence-electron chi connectivity index (χ4n) is 3.64. The summed E-state index contributed by atoms with van der Waals surface area (Å²) in [4.78, 5) is 11.6. The Bertz CT molecular complexity index is 562. The van der Waals surface area contributed by atoms with E-state index in [1.807, 2.05) is 0 Å². The SMILES string of the molecule is CC1(C)C2CC(C(=O)O)(n3cc(C(F)(F)F)cn3)CC21. The molecule has 1 heterocycles. The highest BCUT2D eigenvalue weighted by Crippen LogP contribution is 2.70. The van der Waals surface area contributed by atoms with Gasteiger partial charge in [0.05, 0.1) is 11.8 Å². The number of hydrogen-bond acceptors (Lipinski definition) is 2. The number of rotatable bonds is 2. The quantitative estimate of drug-likeness (QED) is 0.910. The van der Waals surface area contributed by atoms with Crippen LogP contribution in [0.25, 0.3) is 0 Å². The molecule has 0 saturated heterocycles. The van der Waals surface area contributed by atoms with Crippen LogP contribution in [0.2, 0.25) is 0 Å². The molecule has 1 aromatic heterocycles. The molecule has 2 saturated carbocycles. The van der Waals surface area contributed by atoms with Crippen LogP contribution in [0.3, 0.4) is 0 Å². The Balaban J connectivity index is 1.94. The lowest BCUT2D eigenvalue weighted by Gasteiger charge is -2.29. The van der Waals surface area contributed by atoms with Crippen LogP contribution in [-0.4, -0.2) is 20.9 Å². The number of aromatic nitrogens is 2. The second-order valence-corrected chi connectivity index (χ2v) is 6.45. The van der Waals surface area contributed by atoms with Crippen LogP contribution in [0.15, 0.2) is 12.4 Å². The summed E-state index contributed by atoms with van der Waals surface area (Å²) in [6.07, 6.45) is -2.30. The second kappa shape index (κ2) is 3.56. The summed E-state index contributed by atoms with van der Waals surface area (Å²) in [6, 6.07) is 0. The predicted molar refractivity (Wildman–Crippen MR) is 62.8 cm³/mol. The van der Waals surface area contributed by atoms with Crippen LogP contribution in [0.4, 0.5) is 13.2 Å². The highest BCUT2D eigenvalue weighted by Gasteiger charge is 2.69. The average molecular weight is 288 g/mol. The maximum Gasteiger partial charge on any atom is 0.419 e. The smallest absolute Gasteiger partial charge is 0.419 e. The number of fused-ring (bicyclic) bond motifs is 1. The molecule has 0 amide bonds. The Kier molecular flexibility index (Phi) is 2.40. The first-order valence-corrected chi connectivity index (χ1v) is 6.45. The van der Waals surface area contributed by atoms with E-state index in [-0.39, 0.29) is 17.3 Å². The van der Waals surface area contributed by atoms with Crippen LogP contribution in [0, 0.1) is 17.3 Å². The minimum Gasteiger partial charge on any atom is -0.479 e. The van der Waals surface area contributed by atoms with Gasteiger partial charge in [-0.05, 0) is 30.1 Å². The lowest BCUT2D eigenvalue weighted by Crippen LogP contribution is -2.42. The van der Waals surface area contributed by atoms with Crippen molar-refractivity contribution in [3.8, 4) is 0 Å². The van der Waals surface area contributed by atoms with E-state index < -0.39 is 23.2 Å². The normalized spacial score (nSPS) is 34.9. The predicted octanol–water partition coefficient (Wildman–Crippen LogP) is 2.75. The Morgan fingerprint density at radius 3 is 2.35 bits per heavy atom.